The van der Waals surface area contributed by atoms with Crippen molar-refractivity contribution in [3.63, 3.8) is 0 Å². The zero-order chi connectivity index (χ0) is 13.5. The van der Waals surface area contributed by atoms with Crippen molar-refractivity contribution in [1.29, 1.82) is 0 Å². The Balaban J connectivity index is 1.99. The van der Waals surface area contributed by atoms with Crippen molar-refractivity contribution in [3.05, 3.63) is 65.7 Å². The fourth-order valence-electron chi connectivity index (χ4n) is 2.27. The zero-order valence-corrected chi connectivity index (χ0v) is 11.6. The molecule has 0 fully saturated rings. The molecule has 2 rings (SSSR count). The van der Waals surface area contributed by atoms with Crippen LogP contribution in [0.1, 0.15) is 23.6 Å². The van der Waals surface area contributed by atoms with Crippen molar-refractivity contribution in [2.24, 2.45) is 0 Å². The lowest BCUT2D eigenvalue weighted by atomic mass is 9.99. The molecule has 1 unspecified atom stereocenters. The fourth-order valence-corrected chi connectivity index (χ4v) is 2.27. The second-order valence-corrected chi connectivity index (χ2v) is 4.64. The summed E-state index contributed by atoms with van der Waals surface area (Å²) in [6, 6.07) is 19.3. The maximum Gasteiger partial charge on any atom is 0.118 e. The lowest BCUT2D eigenvalue weighted by Gasteiger charge is -2.17. The molecule has 0 aliphatic carbocycles. The summed E-state index contributed by atoms with van der Waals surface area (Å²) in [5, 5.41) is 3.39. The molecule has 0 saturated heterocycles. The first kappa shape index (κ1) is 13.6. The van der Waals surface area contributed by atoms with Crippen LogP contribution in [-0.4, -0.2) is 14.2 Å². The molecule has 0 aliphatic rings. The van der Waals surface area contributed by atoms with Gasteiger partial charge in [0.1, 0.15) is 5.75 Å². The third kappa shape index (κ3) is 3.83. The molecular weight excluding hydrogens is 234 g/mol. The molecule has 2 aromatic carbocycles. The van der Waals surface area contributed by atoms with E-state index >= 15 is 0 Å². The average molecular weight is 255 g/mol. The normalized spacial score (nSPS) is 12.1. The maximum atomic E-state index is 5.19. The molecule has 2 nitrogen and oxygen atoms in total. The van der Waals surface area contributed by atoms with Gasteiger partial charge in [-0.15, -0.1) is 0 Å². The fraction of sp³-hybridized carbons (Fsp3) is 0.294. The van der Waals surface area contributed by atoms with Crippen molar-refractivity contribution in [1.82, 2.24) is 5.32 Å². The van der Waals surface area contributed by atoms with Crippen LogP contribution in [0.5, 0.6) is 5.75 Å². The van der Waals surface area contributed by atoms with E-state index in [1.54, 1.807) is 7.11 Å². The van der Waals surface area contributed by atoms with Gasteiger partial charge < -0.3 is 10.1 Å². The molecule has 0 amide bonds. The molecule has 1 atom stereocenters. The van der Waals surface area contributed by atoms with Gasteiger partial charge in [-0.1, -0.05) is 42.5 Å². The van der Waals surface area contributed by atoms with E-state index in [-0.39, 0.29) is 0 Å². The van der Waals surface area contributed by atoms with Gasteiger partial charge in [0.25, 0.3) is 0 Å². The van der Waals surface area contributed by atoms with Crippen LogP contribution in [0, 0.1) is 0 Å². The van der Waals surface area contributed by atoms with Gasteiger partial charge >= 0.3 is 0 Å². The monoisotopic (exact) mass is 255 g/mol. The average Bonchev–Trinajstić information content (AvgIpc) is 2.49. The number of hydrogen-bond acceptors (Lipinski definition) is 2. The minimum atomic E-state index is 0.381. The van der Waals surface area contributed by atoms with Crippen LogP contribution >= 0.6 is 0 Å². The lowest BCUT2D eigenvalue weighted by molar-refractivity contribution is 0.414. The first-order valence-electron chi connectivity index (χ1n) is 6.68. The second-order valence-electron chi connectivity index (χ2n) is 4.64. The van der Waals surface area contributed by atoms with E-state index in [9.17, 15) is 0 Å². The van der Waals surface area contributed by atoms with Gasteiger partial charge in [0.15, 0.2) is 0 Å². The third-order valence-corrected chi connectivity index (χ3v) is 3.43. The van der Waals surface area contributed by atoms with Crippen molar-refractivity contribution < 1.29 is 4.74 Å². The lowest BCUT2D eigenvalue weighted by Crippen LogP contribution is -2.17. The van der Waals surface area contributed by atoms with Crippen molar-refractivity contribution in [3.8, 4) is 5.75 Å². The van der Waals surface area contributed by atoms with E-state index in [0.29, 0.717) is 6.04 Å². The van der Waals surface area contributed by atoms with Gasteiger partial charge in [0.05, 0.1) is 7.11 Å². The molecule has 100 valence electrons. The number of aryl methyl sites for hydroxylation is 1. The molecule has 1 N–H and O–H groups in total. The molecular formula is C17H21NO. The quantitative estimate of drug-likeness (QED) is 0.851. The number of methoxy groups -OCH3 is 1. The van der Waals surface area contributed by atoms with E-state index in [1.165, 1.54) is 11.1 Å². The highest BCUT2D eigenvalue weighted by molar-refractivity contribution is 5.29. The molecule has 0 bridgehead atoms. The predicted octanol–water partition coefficient (Wildman–Crippen LogP) is 3.59. The van der Waals surface area contributed by atoms with Crippen LogP contribution < -0.4 is 10.1 Å². The van der Waals surface area contributed by atoms with Crippen molar-refractivity contribution in [2.45, 2.75) is 18.9 Å². The van der Waals surface area contributed by atoms with Crippen molar-refractivity contribution in [2.75, 3.05) is 14.2 Å². The number of hydrogen-bond donors (Lipinski definition) is 1. The SMILES string of the molecule is CNC(CCc1ccccc1)c1ccc(OC)cc1. The standard InChI is InChI=1S/C17H21NO/c1-18-17(13-8-14-6-4-3-5-7-14)15-9-11-16(19-2)12-10-15/h3-7,9-12,17-18H,8,13H2,1-2H3. The Labute approximate surface area is 115 Å². The zero-order valence-electron chi connectivity index (χ0n) is 11.6. The Hall–Kier alpha value is -1.80. The van der Waals surface area contributed by atoms with Crippen LogP contribution in [0.4, 0.5) is 0 Å². The topological polar surface area (TPSA) is 21.3 Å². The van der Waals surface area contributed by atoms with E-state index in [4.69, 9.17) is 4.74 Å². The third-order valence-electron chi connectivity index (χ3n) is 3.43. The van der Waals surface area contributed by atoms with Crippen LogP contribution in [0.15, 0.2) is 54.6 Å². The summed E-state index contributed by atoms with van der Waals surface area (Å²) >= 11 is 0. The van der Waals surface area contributed by atoms with Crippen molar-refractivity contribution >= 4 is 0 Å². The van der Waals surface area contributed by atoms with E-state index in [2.05, 4.69) is 47.8 Å². The minimum absolute atomic E-state index is 0.381. The highest BCUT2D eigenvalue weighted by Crippen LogP contribution is 2.21. The number of nitrogens with one attached hydrogen (secondary N) is 1. The van der Waals surface area contributed by atoms with Gasteiger partial charge in [-0.3, -0.25) is 0 Å². The van der Waals surface area contributed by atoms with E-state index in [1.807, 2.05) is 19.2 Å². The van der Waals surface area contributed by atoms with E-state index in [0.717, 1.165) is 18.6 Å². The maximum absolute atomic E-state index is 5.19. The molecule has 0 aliphatic heterocycles. The van der Waals surface area contributed by atoms with Crippen LogP contribution in [0.25, 0.3) is 0 Å². The Morgan fingerprint density at radius 3 is 2.26 bits per heavy atom. The van der Waals surface area contributed by atoms with Gasteiger partial charge in [0.2, 0.25) is 0 Å². The summed E-state index contributed by atoms with van der Waals surface area (Å²) < 4.78 is 5.19. The Morgan fingerprint density at radius 1 is 1.00 bits per heavy atom. The van der Waals surface area contributed by atoms with Gasteiger partial charge in [-0.25, -0.2) is 0 Å². The molecule has 0 saturated carbocycles. The molecule has 0 radical (unpaired) electrons. The minimum Gasteiger partial charge on any atom is -0.497 e. The molecule has 2 aromatic rings. The van der Waals surface area contributed by atoms with Crippen LogP contribution in [0.2, 0.25) is 0 Å². The summed E-state index contributed by atoms with van der Waals surface area (Å²) in [5.74, 6) is 0.904. The molecule has 2 heteroatoms. The van der Waals surface area contributed by atoms with E-state index < -0.39 is 0 Å². The number of rotatable bonds is 6. The predicted molar refractivity (Wildman–Crippen MR) is 79.6 cm³/mol. The number of ether oxygens (including phenoxy) is 1. The highest BCUT2D eigenvalue weighted by atomic mass is 16.5. The summed E-state index contributed by atoms with van der Waals surface area (Å²) in [7, 11) is 3.71. The smallest absolute Gasteiger partial charge is 0.118 e. The Morgan fingerprint density at radius 2 is 1.68 bits per heavy atom. The van der Waals surface area contributed by atoms with Crippen LogP contribution in [0.3, 0.4) is 0 Å². The summed E-state index contributed by atoms with van der Waals surface area (Å²) in [4.78, 5) is 0. The molecule has 0 aromatic heterocycles. The highest BCUT2D eigenvalue weighted by Gasteiger charge is 2.09. The van der Waals surface area contributed by atoms with Gasteiger partial charge in [0, 0.05) is 6.04 Å². The van der Waals surface area contributed by atoms with Crippen LogP contribution in [-0.2, 0) is 6.42 Å². The Kier molecular flexibility index (Phi) is 4.99. The van der Waals surface area contributed by atoms with Gasteiger partial charge in [-0.05, 0) is 43.1 Å². The largest absolute Gasteiger partial charge is 0.497 e. The number of benzene rings is 2. The second kappa shape index (κ2) is 6.95. The first-order chi connectivity index (χ1) is 9.33. The first-order valence-corrected chi connectivity index (χ1v) is 6.68. The Bertz CT molecular complexity index is 478. The summed E-state index contributed by atoms with van der Waals surface area (Å²) in [6.45, 7) is 0. The molecule has 0 spiro atoms. The summed E-state index contributed by atoms with van der Waals surface area (Å²) in [5.41, 5.74) is 2.69. The van der Waals surface area contributed by atoms with Gasteiger partial charge in [-0.2, -0.15) is 0 Å². The molecule has 19 heavy (non-hydrogen) atoms. The molecule has 0 heterocycles. The summed E-state index contributed by atoms with van der Waals surface area (Å²) in [6.07, 6.45) is 2.17.